The van der Waals surface area contributed by atoms with E-state index in [9.17, 15) is 17.2 Å². The van der Waals surface area contributed by atoms with Crippen LogP contribution in [-0.2, 0) is 9.05 Å². The van der Waals surface area contributed by atoms with Crippen molar-refractivity contribution in [2.75, 3.05) is 12.4 Å². The highest BCUT2D eigenvalue weighted by Gasteiger charge is 2.33. The van der Waals surface area contributed by atoms with Crippen LogP contribution >= 0.6 is 10.7 Å². The van der Waals surface area contributed by atoms with Crippen LogP contribution in [0.25, 0.3) is 0 Å². The summed E-state index contributed by atoms with van der Waals surface area (Å²) in [6.07, 6.45) is 1.02. The zero-order chi connectivity index (χ0) is 15.4. The van der Waals surface area contributed by atoms with E-state index in [4.69, 9.17) is 15.4 Å². The largest absolute Gasteiger partial charge is 0.490 e. The molecule has 0 bridgehead atoms. The van der Waals surface area contributed by atoms with Crippen molar-refractivity contribution in [1.29, 1.82) is 0 Å². The molecule has 0 saturated heterocycles. The van der Waals surface area contributed by atoms with Crippen molar-refractivity contribution < 1.29 is 21.9 Å². The van der Waals surface area contributed by atoms with Crippen LogP contribution in [0.3, 0.4) is 0 Å². The average Bonchev–Trinajstić information content (AvgIpc) is 2.35. The zero-order valence-corrected chi connectivity index (χ0v) is 12.9. The molecule has 0 fully saturated rings. The minimum atomic E-state index is -3.69. The lowest BCUT2D eigenvalue weighted by atomic mass is 9.85. The first-order valence-electron chi connectivity index (χ1n) is 6.21. The summed E-state index contributed by atoms with van der Waals surface area (Å²) in [6, 6.07) is 2.97. The van der Waals surface area contributed by atoms with Gasteiger partial charge in [0.25, 0.3) is 0 Å². The van der Waals surface area contributed by atoms with Crippen molar-refractivity contribution in [2.45, 2.75) is 26.7 Å². The number of hydrogen-bond acceptors (Lipinski definition) is 3. The van der Waals surface area contributed by atoms with Gasteiger partial charge in [0.2, 0.25) is 9.05 Å². The number of rotatable bonds is 7. The van der Waals surface area contributed by atoms with Crippen LogP contribution in [0.15, 0.2) is 18.2 Å². The monoisotopic (exact) mass is 326 g/mol. The van der Waals surface area contributed by atoms with Gasteiger partial charge in [0.15, 0.2) is 11.6 Å². The van der Waals surface area contributed by atoms with E-state index in [1.165, 1.54) is 6.07 Å². The van der Waals surface area contributed by atoms with Gasteiger partial charge in [0.1, 0.15) is 5.82 Å². The minimum absolute atomic E-state index is 0.00545. The molecule has 0 aliphatic heterocycles. The van der Waals surface area contributed by atoms with Crippen LogP contribution in [-0.4, -0.2) is 20.8 Å². The summed E-state index contributed by atoms with van der Waals surface area (Å²) >= 11 is 0. The number of ether oxygens (including phenoxy) is 1. The van der Waals surface area contributed by atoms with Gasteiger partial charge >= 0.3 is 0 Å². The van der Waals surface area contributed by atoms with Gasteiger partial charge in [0.05, 0.1) is 12.4 Å². The molecule has 0 aromatic heterocycles. The van der Waals surface area contributed by atoms with Gasteiger partial charge in [0, 0.05) is 22.2 Å². The lowest BCUT2D eigenvalue weighted by Gasteiger charge is -2.30. The van der Waals surface area contributed by atoms with Gasteiger partial charge in [-0.05, 0) is 25.0 Å². The maximum absolute atomic E-state index is 13.5. The highest BCUT2D eigenvalue weighted by Crippen LogP contribution is 2.31. The van der Waals surface area contributed by atoms with E-state index < -0.39 is 26.1 Å². The van der Waals surface area contributed by atoms with Crippen LogP contribution in [0.2, 0.25) is 0 Å². The van der Waals surface area contributed by atoms with Crippen molar-refractivity contribution in [3.63, 3.8) is 0 Å². The summed E-state index contributed by atoms with van der Waals surface area (Å²) in [4.78, 5) is 0. The Hall–Kier alpha value is -0.880. The molecule has 0 radical (unpaired) electrons. The molecule has 0 aliphatic carbocycles. The van der Waals surface area contributed by atoms with Gasteiger partial charge in [-0.15, -0.1) is 0 Å². The Kier molecular flexibility index (Phi) is 5.77. The van der Waals surface area contributed by atoms with Gasteiger partial charge in [-0.3, -0.25) is 0 Å². The molecule has 1 aromatic carbocycles. The number of hydrogen-bond donors (Lipinski definition) is 0. The normalized spacial score (nSPS) is 12.4. The van der Waals surface area contributed by atoms with E-state index in [0.29, 0.717) is 18.9 Å². The maximum Gasteiger partial charge on any atom is 0.233 e. The van der Waals surface area contributed by atoms with E-state index in [2.05, 4.69) is 0 Å². The molecule has 0 N–H and O–H groups in total. The fourth-order valence-corrected chi connectivity index (χ4v) is 3.81. The first-order chi connectivity index (χ1) is 9.21. The molecule has 0 aliphatic rings. The molecule has 0 heterocycles. The molecule has 20 heavy (non-hydrogen) atoms. The molecule has 114 valence electrons. The average molecular weight is 327 g/mol. The van der Waals surface area contributed by atoms with Crippen molar-refractivity contribution in [2.24, 2.45) is 5.41 Å². The van der Waals surface area contributed by atoms with Crippen LogP contribution in [0.4, 0.5) is 8.78 Å². The van der Waals surface area contributed by atoms with Crippen molar-refractivity contribution >= 4 is 19.7 Å². The van der Waals surface area contributed by atoms with Crippen LogP contribution in [0.5, 0.6) is 5.75 Å². The molecule has 0 atom stereocenters. The molecule has 0 spiro atoms. The topological polar surface area (TPSA) is 43.4 Å². The third-order valence-corrected chi connectivity index (χ3v) is 4.69. The first kappa shape index (κ1) is 17.2. The summed E-state index contributed by atoms with van der Waals surface area (Å²) < 4.78 is 54.1. The third kappa shape index (κ3) is 4.90. The molecule has 1 rings (SSSR count). The molecule has 1 aromatic rings. The Bertz CT molecular complexity index is 557. The maximum atomic E-state index is 13.5. The zero-order valence-electron chi connectivity index (χ0n) is 11.3. The van der Waals surface area contributed by atoms with Crippen LogP contribution < -0.4 is 4.74 Å². The van der Waals surface area contributed by atoms with Gasteiger partial charge in [-0.2, -0.15) is 0 Å². The van der Waals surface area contributed by atoms with Gasteiger partial charge in [-0.1, -0.05) is 13.8 Å². The second kappa shape index (κ2) is 6.72. The summed E-state index contributed by atoms with van der Waals surface area (Å²) in [7, 11) is 1.61. The second-order valence-electron chi connectivity index (χ2n) is 4.75. The Morgan fingerprint density at radius 1 is 1.25 bits per heavy atom. The van der Waals surface area contributed by atoms with Crippen LogP contribution in [0.1, 0.15) is 26.7 Å². The molecule has 0 unspecified atom stereocenters. The first-order valence-corrected chi connectivity index (χ1v) is 8.69. The Morgan fingerprint density at radius 3 is 2.30 bits per heavy atom. The summed E-state index contributed by atoms with van der Waals surface area (Å²) in [5.41, 5.74) is -0.693. The highest BCUT2D eigenvalue weighted by molar-refractivity contribution is 8.13. The standard InChI is InChI=1S/C13H17ClF2O3S/c1-3-13(4-2,9-20(14,17)18)8-19-12-6-5-10(15)7-11(12)16/h5-7H,3-4,8-9H2,1-2H3. The minimum Gasteiger partial charge on any atom is -0.490 e. The fraction of sp³-hybridized carbons (Fsp3) is 0.538. The molecular formula is C13H17ClF2O3S. The highest BCUT2D eigenvalue weighted by atomic mass is 35.7. The fourth-order valence-electron chi connectivity index (χ4n) is 1.89. The van der Waals surface area contributed by atoms with E-state index in [0.717, 1.165) is 6.07 Å². The van der Waals surface area contributed by atoms with E-state index >= 15 is 0 Å². The van der Waals surface area contributed by atoms with Crippen molar-refractivity contribution in [3.8, 4) is 5.75 Å². The predicted octanol–water partition coefficient (Wildman–Crippen LogP) is 3.72. The van der Waals surface area contributed by atoms with Crippen molar-refractivity contribution in [1.82, 2.24) is 0 Å². The summed E-state index contributed by atoms with van der Waals surface area (Å²) in [5, 5.41) is 0. The lowest BCUT2D eigenvalue weighted by molar-refractivity contribution is 0.150. The smallest absolute Gasteiger partial charge is 0.233 e. The molecular weight excluding hydrogens is 310 g/mol. The van der Waals surface area contributed by atoms with Crippen LogP contribution in [0, 0.1) is 17.0 Å². The van der Waals surface area contributed by atoms with E-state index in [1.54, 1.807) is 0 Å². The predicted molar refractivity (Wildman–Crippen MR) is 74.5 cm³/mol. The second-order valence-corrected chi connectivity index (χ2v) is 7.53. The SMILES string of the molecule is CCC(CC)(COc1ccc(F)cc1F)CS(=O)(=O)Cl. The molecule has 0 saturated carbocycles. The summed E-state index contributed by atoms with van der Waals surface area (Å²) in [5.74, 6) is -1.88. The Balaban J connectivity index is 2.86. The van der Waals surface area contributed by atoms with E-state index in [1.807, 2.05) is 13.8 Å². The third-order valence-electron chi connectivity index (χ3n) is 3.41. The lowest BCUT2D eigenvalue weighted by Crippen LogP contribution is -2.33. The number of benzene rings is 1. The number of halogens is 3. The van der Waals surface area contributed by atoms with Crippen molar-refractivity contribution in [3.05, 3.63) is 29.8 Å². The van der Waals surface area contributed by atoms with E-state index in [-0.39, 0.29) is 18.1 Å². The quantitative estimate of drug-likeness (QED) is 0.717. The Labute approximate surface area is 122 Å². The Morgan fingerprint density at radius 2 is 1.85 bits per heavy atom. The molecule has 3 nitrogen and oxygen atoms in total. The van der Waals surface area contributed by atoms with Gasteiger partial charge in [-0.25, -0.2) is 17.2 Å². The molecule has 7 heteroatoms. The molecule has 0 amide bonds. The van der Waals surface area contributed by atoms with Gasteiger partial charge < -0.3 is 4.74 Å². The summed E-state index contributed by atoms with van der Waals surface area (Å²) in [6.45, 7) is 3.63.